The van der Waals surface area contributed by atoms with E-state index in [0.717, 1.165) is 47.3 Å². The summed E-state index contributed by atoms with van der Waals surface area (Å²) in [5.74, 6) is 2.91. The molecule has 2 aromatic rings. The quantitative estimate of drug-likeness (QED) is 0.725. The molecule has 0 saturated carbocycles. The largest absolute Gasteiger partial charge is 0.493 e. The number of rotatable bonds is 6. The van der Waals surface area contributed by atoms with Crippen molar-refractivity contribution >= 4 is 17.3 Å². The first-order valence-corrected chi connectivity index (χ1v) is 9.91. The summed E-state index contributed by atoms with van der Waals surface area (Å²) in [5, 5.41) is 3.86. The van der Waals surface area contributed by atoms with Gasteiger partial charge in [-0.1, -0.05) is 6.07 Å². The first-order chi connectivity index (χ1) is 14.1. The van der Waals surface area contributed by atoms with Gasteiger partial charge in [0, 0.05) is 13.6 Å². The maximum absolute atomic E-state index is 5.61. The average molecular weight is 417 g/mol. The molecule has 29 heavy (non-hydrogen) atoms. The third-order valence-corrected chi connectivity index (χ3v) is 5.79. The maximum atomic E-state index is 5.61. The van der Waals surface area contributed by atoms with Crippen LogP contribution in [0.4, 0.5) is 0 Å². The van der Waals surface area contributed by atoms with Gasteiger partial charge in [-0.15, -0.1) is 0 Å². The van der Waals surface area contributed by atoms with Crippen LogP contribution in [0.3, 0.4) is 0 Å². The first-order valence-electron chi connectivity index (χ1n) is 9.50. The minimum Gasteiger partial charge on any atom is -0.493 e. The van der Waals surface area contributed by atoms with E-state index >= 15 is 0 Å². The number of hydrogen-bond donors (Lipinski definition) is 1. The van der Waals surface area contributed by atoms with Crippen molar-refractivity contribution in [2.75, 3.05) is 42.0 Å². The lowest BCUT2D eigenvalue weighted by molar-refractivity contribution is 0.290. The second-order valence-electron chi connectivity index (χ2n) is 6.81. The third kappa shape index (κ3) is 4.19. The molecule has 0 aliphatic carbocycles. The summed E-state index contributed by atoms with van der Waals surface area (Å²) < 4.78 is 21.9. The van der Waals surface area contributed by atoms with E-state index in [2.05, 4.69) is 28.4 Å². The standard InChI is InChI=1S/C22H28N2O4S/c1-23-22(29)24-9-8-15-12-20(27-4)21(28-5)13-16(15)17(24)10-14-6-7-18(25-2)19(11-14)26-3/h6-7,11-13,17H,8-10H2,1-5H3,(H,23,29). The normalized spacial score (nSPS) is 15.3. The van der Waals surface area contributed by atoms with Crippen molar-refractivity contribution in [3.05, 3.63) is 47.0 Å². The van der Waals surface area contributed by atoms with E-state index in [1.807, 2.05) is 19.2 Å². The minimum atomic E-state index is 0.0663. The number of nitrogens with one attached hydrogen (secondary N) is 1. The highest BCUT2D eigenvalue weighted by atomic mass is 32.1. The summed E-state index contributed by atoms with van der Waals surface area (Å²) in [6.45, 7) is 0.833. The van der Waals surface area contributed by atoms with Crippen LogP contribution in [0.1, 0.15) is 22.7 Å². The van der Waals surface area contributed by atoms with Crippen LogP contribution in [0.2, 0.25) is 0 Å². The molecular formula is C22H28N2O4S. The van der Waals surface area contributed by atoms with Crippen LogP contribution < -0.4 is 24.3 Å². The van der Waals surface area contributed by atoms with Gasteiger partial charge in [0.25, 0.3) is 0 Å². The molecule has 0 bridgehead atoms. The number of thiocarbonyl (C=S) groups is 1. The van der Waals surface area contributed by atoms with Crippen molar-refractivity contribution in [2.24, 2.45) is 0 Å². The molecule has 3 rings (SSSR count). The Morgan fingerprint density at radius 2 is 1.59 bits per heavy atom. The van der Waals surface area contributed by atoms with Gasteiger partial charge in [0.15, 0.2) is 28.1 Å². The van der Waals surface area contributed by atoms with Crippen LogP contribution in [0.5, 0.6) is 23.0 Å². The SMILES string of the molecule is CNC(=S)N1CCc2cc(OC)c(OC)cc2C1Cc1ccc(OC)c(OC)c1. The molecule has 0 amide bonds. The van der Waals surface area contributed by atoms with Gasteiger partial charge in [0.05, 0.1) is 34.5 Å². The molecule has 1 aliphatic heterocycles. The first kappa shape index (κ1) is 21.0. The van der Waals surface area contributed by atoms with Crippen molar-refractivity contribution in [2.45, 2.75) is 18.9 Å². The third-order valence-electron chi connectivity index (χ3n) is 5.35. The smallest absolute Gasteiger partial charge is 0.169 e. The van der Waals surface area contributed by atoms with E-state index in [1.165, 1.54) is 11.1 Å². The van der Waals surface area contributed by atoms with Crippen LogP contribution in [0.25, 0.3) is 0 Å². The Hall–Kier alpha value is -2.67. The van der Waals surface area contributed by atoms with Crippen molar-refractivity contribution in [3.63, 3.8) is 0 Å². The van der Waals surface area contributed by atoms with Crippen LogP contribution >= 0.6 is 12.2 Å². The summed E-state index contributed by atoms with van der Waals surface area (Å²) in [6, 6.07) is 10.2. The van der Waals surface area contributed by atoms with Gasteiger partial charge in [-0.25, -0.2) is 0 Å². The summed E-state index contributed by atoms with van der Waals surface area (Å²) >= 11 is 5.61. The summed E-state index contributed by atoms with van der Waals surface area (Å²) in [6.07, 6.45) is 1.66. The molecule has 0 aromatic heterocycles. The molecule has 1 atom stereocenters. The highest BCUT2D eigenvalue weighted by Crippen LogP contribution is 2.40. The predicted octanol–water partition coefficient (Wildman–Crippen LogP) is 3.37. The molecule has 0 radical (unpaired) electrons. The Kier molecular flexibility index (Phi) is 6.69. The van der Waals surface area contributed by atoms with E-state index in [4.69, 9.17) is 31.2 Å². The molecular weight excluding hydrogens is 388 g/mol. The van der Waals surface area contributed by atoms with E-state index in [9.17, 15) is 0 Å². The Morgan fingerprint density at radius 3 is 2.21 bits per heavy atom. The van der Waals surface area contributed by atoms with Gasteiger partial charge in [-0.3, -0.25) is 0 Å². The number of methoxy groups -OCH3 is 4. The molecule has 1 unspecified atom stereocenters. The Morgan fingerprint density at radius 1 is 0.966 bits per heavy atom. The van der Waals surface area contributed by atoms with Crippen molar-refractivity contribution in [1.82, 2.24) is 10.2 Å². The summed E-state index contributed by atoms with van der Waals surface area (Å²) in [7, 11) is 8.47. The van der Waals surface area contributed by atoms with E-state index in [-0.39, 0.29) is 6.04 Å². The molecule has 0 fully saturated rings. The van der Waals surface area contributed by atoms with Gasteiger partial charge in [-0.05, 0) is 66.0 Å². The predicted molar refractivity (Wildman–Crippen MR) is 118 cm³/mol. The lowest BCUT2D eigenvalue weighted by Gasteiger charge is -2.39. The molecule has 156 valence electrons. The van der Waals surface area contributed by atoms with Gasteiger partial charge in [0.1, 0.15) is 0 Å². The van der Waals surface area contributed by atoms with Crippen molar-refractivity contribution in [1.29, 1.82) is 0 Å². The van der Waals surface area contributed by atoms with E-state index in [0.29, 0.717) is 5.75 Å². The molecule has 1 N–H and O–H groups in total. The summed E-state index contributed by atoms with van der Waals surface area (Å²) in [5.41, 5.74) is 3.59. The van der Waals surface area contributed by atoms with Gasteiger partial charge in [-0.2, -0.15) is 0 Å². The average Bonchev–Trinajstić information content (AvgIpc) is 2.77. The van der Waals surface area contributed by atoms with Crippen molar-refractivity contribution < 1.29 is 18.9 Å². The highest BCUT2D eigenvalue weighted by molar-refractivity contribution is 7.80. The summed E-state index contributed by atoms with van der Waals surface area (Å²) in [4.78, 5) is 2.24. The van der Waals surface area contributed by atoms with Gasteiger partial charge < -0.3 is 29.2 Å². The van der Waals surface area contributed by atoms with Crippen LogP contribution in [0, 0.1) is 0 Å². The monoisotopic (exact) mass is 416 g/mol. The van der Waals surface area contributed by atoms with E-state index < -0.39 is 0 Å². The fraction of sp³-hybridized carbons (Fsp3) is 0.409. The maximum Gasteiger partial charge on any atom is 0.169 e. The number of ether oxygens (including phenoxy) is 4. The molecule has 7 heteroatoms. The lowest BCUT2D eigenvalue weighted by atomic mass is 9.88. The van der Waals surface area contributed by atoms with Crippen LogP contribution in [0.15, 0.2) is 30.3 Å². The fourth-order valence-electron chi connectivity index (χ4n) is 3.87. The van der Waals surface area contributed by atoms with Gasteiger partial charge >= 0.3 is 0 Å². The topological polar surface area (TPSA) is 52.2 Å². The zero-order valence-electron chi connectivity index (χ0n) is 17.6. The molecule has 6 nitrogen and oxygen atoms in total. The second kappa shape index (κ2) is 9.22. The molecule has 1 aliphatic rings. The molecule has 0 saturated heterocycles. The lowest BCUT2D eigenvalue weighted by Crippen LogP contribution is -2.45. The number of benzene rings is 2. The molecule has 2 aromatic carbocycles. The fourth-order valence-corrected chi connectivity index (χ4v) is 4.08. The molecule has 1 heterocycles. The number of fused-ring (bicyclic) bond motifs is 1. The Bertz CT molecular complexity index is 887. The van der Waals surface area contributed by atoms with Crippen LogP contribution in [-0.4, -0.2) is 52.0 Å². The van der Waals surface area contributed by atoms with E-state index in [1.54, 1.807) is 28.4 Å². The van der Waals surface area contributed by atoms with Crippen molar-refractivity contribution in [3.8, 4) is 23.0 Å². The molecule has 0 spiro atoms. The number of nitrogens with zero attached hydrogens (tertiary/aromatic N) is 1. The second-order valence-corrected chi connectivity index (χ2v) is 7.20. The minimum absolute atomic E-state index is 0.0663. The Balaban J connectivity index is 2.04. The highest BCUT2D eigenvalue weighted by Gasteiger charge is 2.30. The van der Waals surface area contributed by atoms with Crippen LogP contribution in [-0.2, 0) is 12.8 Å². The zero-order valence-corrected chi connectivity index (χ0v) is 18.4. The zero-order chi connectivity index (χ0) is 21.0. The Labute approximate surface area is 177 Å². The number of hydrogen-bond acceptors (Lipinski definition) is 5. The van der Waals surface area contributed by atoms with Gasteiger partial charge in [0.2, 0.25) is 0 Å².